The van der Waals surface area contributed by atoms with Gasteiger partial charge in [0.25, 0.3) is 6.08 Å². The van der Waals surface area contributed by atoms with Gasteiger partial charge >= 0.3 is 6.11 Å². The SMILES string of the molecule is CCOc1ccc(C(F)(F)Oc2ccc3c(F)c(C=C(F)F)ccc3c2)cc1. The molecule has 0 aliphatic carbocycles. The van der Waals surface area contributed by atoms with E-state index >= 15 is 0 Å². The second-order valence-corrected chi connectivity index (χ2v) is 5.86. The molecule has 146 valence electrons. The van der Waals surface area contributed by atoms with E-state index < -0.39 is 18.0 Å². The summed E-state index contributed by atoms with van der Waals surface area (Å²) >= 11 is 0. The first kappa shape index (κ1) is 19.7. The van der Waals surface area contributed by atoms with Gasteiger partial charge in [0.15, 0.2) is 0 Å². The third-order valence-electron chi connectivity index (χ3n) is 3.97. The molecule has 0 aliphatic rings. The molecule has 0 saturated carbocycles. The van der Waals surface area contributed by atoms with Gasteiger partial charge in [-0.25, -0.2) is 4.39 Å². The zero-order valence-electron chi connectivity index (χ0n) is 14.7. The molecule has 0 atom stereocenters. The second kappa shape index (κ2) is 7.88. The number of alkyl halides is 2. The minimum absolute atomic E-state index is 0.0201. The maximum atomic E-state index is 14.4. The standard InChI is InChI=1S/C21H15F5O2/c1-2-27-16-7-5-15(6-8-16)21(25,26)28-17-9-10-18-13(11-17)3-4-14(20(18)24)12-19(22)23/h3-12H,2H2,1H3. The minimum Gasteiger partial charge on any atom is -0.494 e. The van der Waals surface area contributed by atoms with Crippen LogP contribution in [0.3, 0.4) is 0 Å². The fourth-order valence-corrected chi connectivity index (χ4v) is 2.70. The molecule has 0 saturated heterocycles. The highest BCUT2D eigenvalue weighted by Gasteiger charge is 2.34. The molecule has 0 fully saturated rings. The molecule has 0 heterocycles. The van der Waals surface area contributed by atoms with Crippen molar-refractivity contribution in [2.45, 2.75) is 13.0 Å². The first-order chi connectivity index (χ1) is 13.3. The van der Waals surface area contributed by atoms with E-state index in [0.717, 1.165) is 12.1 Å². The van der Waals surface area contributed by atoms with Crippen LogP contribution in [0.5, 0.6) is 11.5 Å². The van der Waals surface area contributed by atoms with Crippen LogP contribution in [0.25, 0.3) is 16.8 Å². The smallest absolute Gasteiger partial charge is 0.426 e. The van der Waals surface area contributed by atoms with E-state index in [1.54, 1.807) is 6.92 Å². The first-order valence-electron chi connectivity index (χ1n) is 8.35. The predicted octanol–water partition coefficient (Wildman–Crippen LogP) is 6.74. The zero-order chi connectivity index (χ0) is 20.3. The Labute approximate surface area is 157 Å². The van der Waals surface area contributed by atoms with Crippen LogP contribution in [0, 0.1) is 5.82 Å². The van der Waals surface area contributed by atoms with Crippen LogP contribution in [0.4, 0.5) is 22.0 Å². The first-order valence-corrected chi connectivity index (χ1v) is 8.35. The van der Waals surface area contributed by atoms with Crippen LogP contribution in [0.2, 0.25) is 0 Å². The van der Waals surface area contributed by atoms with Gasteiger partial charge in [0.2, 0.25) is 0 Å². The van der Waals surface area contributed by atoms with Gasteiger partial charge < -0.3 is 9.47 Å². The van der Waals surface area contributed by atoms with Crippen LogP contribution >= 0.6 is 0 Å². The third-order valence-corrected chi connectivity index (χ3v) is 3.97. The van der Waals surface area contributed by atoms with E-state index in [-0.39, 0.29) is 27.6 Å². The monoisotopic (exact) mass is 394 g/mol. The molecular weight excluding hydrogens is 379 g/mol. The van der Waals surface area contributed by atoms with E-state index in [0.29, 0.717) is 18.4 Å². The molecule has 0 radical (unpaired) electrons. The van der Waals surface area contributed by atoms with E-state index in [9.17, 15) is 22.0 Å². The Morgan fingerprint density at radius 1 is 0.964 bits per heavy atom. The Bertz CT molecular complexity index is 1010. The lowest BCUT2D eigenvalue weighted by Gasteiger charge is -2.19. The van der Waals surface area contributed by atoms with E-state index in [4.69, 9.17) is 9.47 Å². The lowest BCUT2D eigenvalue weighted by molar-refractivity contribution is -0.185. The number of hydrogen-bond donors (Lipinski definition) is 0. The number of hydrogen-bond acceptors (Lipinski definition) is 2. The Morgan fingerprint density at radius 3 is 2.29 bits per heavy atom. The van der Waals surface area contributed by atoms with Gasteiger partial charge in [0.1, 0.15) is 17.3 Å². The maximum Gasteiger partial charge on any atom is 0.426 e. The quantitative estimate of drug-likeness (QED) is 0.431. The number of benzene rings is 3. The molecular formula is C21H15F5O2. The van der Waals surface area contributed by atoms with Gasteiger partial charge in [-0.3, -0.25) is 0 Å². The third kappa shape index (κ3) is 4.24. The molecule has 0 bridgehead atoms. The Balaban J connectivity index is 1.88. The van der Waals surface area contributed by atoms with Crippen molar-refractivity contribution >= 4 is 16.8 Å². The van der Waals surface area contributed by atoms with E-state index in [1.807, 2.05) is 0 Å². The largest absolute Gasteiger partial charge is 0.494 e. The van der Waals surface area contributed by atoms with Crippen molar-refractivity contribution in [2.75, 3.05) is 6.61 Å². The van der Waals surface area contributed by atoms with Gasteiger partial charge in [-0.2, -0.15) is 17.6 Å². The lowest BCUT2D eigenvalue weighted by atomic mass is 10.1. The van der Waals surface area contributed by atoms with Crippen molar-refractivity contribution in [3.8, 4) is 11.5 Å². The zero-order valence-corrected chi connectivity index (χ0v) is 14.7. The van der Waals surface area contributed by atoms with Gasteiger partial charge in [0.05, 0.1) is 12.2 Å². The average molecular weight is 394 g/mol. The van der Waals surface area contributed by atoms with Crippen molar-refractivity contribution in [1.29, 1.82) is 0 Å². The molecule has 28 heavy (non-hydrogen) atoms. The van der Waals surface area contributed by atoms with Crippen molar-refractivity contribution < 1.29 is 31.4 Å². The number of ether oxygens (including phenoxy) is 2. The molecule has 3 aromatic rings. The van der Waals surface area contributed by atoms with E-state index in [2.05, 4.69) is 0 Å². The molecule has 0 N–H and O–H groups in total. The normalized spacial score (nSPS) is 11.4. The molecule has 3 rings (SSSR count). The van der Waals surface area contributed by atoms with Crippen molar-refractivity contribution in [3.63, 3.8) is 0 Å². The van der Waals surface area contributed by atoms with Crippen LogP contribution in [-0.4, -0.2) is 6.61 Å². The van der Waals surface area contributed by atoms with Gasteiger partial charge in [0, 0.05) is 17.0 Å². The fraction of sp³-hybridized carbons (Fsp3) is 0.143. The topological polar surface area (TPSA) is 18.5 Å². The van der Waals surface area contributed by atoms with E-state index in [1.165, 1.54) is 42.5 Å². The highest BCUT2D eigenvalue weighted by atomic mass is 19.3. The summed E-state index contributed by atoms with van der Waals surface area (Å²) in [6, 6.07) is 11.3. The maximum absolute atomic E-state index is 14.4. The summed E-state index contributed by atoms with van der Waals surface area (Å²) in [5.74, 6) is -0.598. The Hall–Kier alpha value is -3.09. The van der Waals surface area contributed by atoms with Crippen LogP contribution in [-0.2, 0) is 6.11 Å². The average Bonchev–Trinajstić information content (AvgIpc) is 2.64. The molecule has 2 nitrogen and oxygen atoms in total. The Kier molecular flexibility index (Phi) is 5.53. The summed E-state index contributed by atoms with van der Waals surface area (Å²) in [6.45, 7) is 2.19. The summed E-state index contributed by atoms with van der Waals surface area (Å²) in [7, 11) is 0. The van der Waals surface area contributed by atoms with Crippen molar-refractivity contribution in [2.24, 2.45) is 0 Å². The van der Waals surface area contributed by atoms with Crippen LogP contribution in [0.1, 0.15) is 18.1 Å². The molecule has 0 aliphatic heterocycles. The molecule has 0 amide bonds. The number of rotatable bonds is 6. The predicted molar refractivity (Wildman–Crippen MR) is 96.2 cm³/mol. The summed E-state index contributed by atoms with van der Waals surface area (Å²) in [5.41, 5.74) is -0.665. The number of fused-ring (bicyclic) bond motifs is 1. The molecule has 0 aromatic heterocycles. The van der Waals surface area contributed by atoms with Crippen LogP contribution in [0.15, 0.2) is 60.7 Å². The van der Waals surface area contributed by atoms with Crippen molar-refractivity contribution in [3.05, 3.63) is 77.6 Å². The minimum atomic E-state index is -3.63. The molecule has 0 unspecified atom stereocenters. The summed E-state index contributed by atoms with van der Waals surface area (Å²) in [6.07, 6.45) is -5.26. The summed E-state index contributed by atoms with van der Waals surface area (Å²) in [4.78, 5) is 0. The molecule has 0 spiro atoms. The molecule has 3 aromatic carbocycles. The second-order valence-electron chi connectivity index (χ2n) is 5.86. The number of halogens is 5. The lowest BCUT2D eigenvalue weighted by Crippen LogP contribution is -2.21. The van der Waals surface area contributed by atoms with Gasteiger partial charge in [-0.05, 0) is 54.8 Å². The highest BCUT2D eigenvalue weighted by Crippen LogP contribution is 2.34. The van der Waals surface area contributed by atoms with Crippen molar-refractivity contribution in [1.82, 2.24) is 0 Å². The highest BCUT2D eigenvalue weighted by molar-refractivity contribution is 5.86. The Morgan fingerprint density at radius 2 is 1.64 bits per heavy atom. The van der Waals surface area contributed by atoms with Crippen LogP contribution < -0.4 is 9.47 Å². The fourth-order valence-electron chi connectivity index (χ4n) is 2.70. The summed E-state index contributed by atoms with van der Waals surface area (Å²) in [5, 5.41) is 0.264. The van der Waals surface area contributed by atoms with Gasteiger partial charge in [-0.15, -0.1) is 0 Å². The summed E-state index contributed by atoms with van der Waals surface area (Å²) < 4.78 is 77.9. The van der Waals surface area contributed by atoms with Gasteiger partial charge in [-0.1, -0.05) is 12.1 Å². The molecule has 7 heteroatoms.